The summed E-state index contributed by atoms with van der Waals surface area (Å²) in [5.41, 5.74) is 7.38. The smallest absolute Gasteiger partial charge is 0.251 e. The summed E-state index contributed by atoms with van der Waals surface area (Å²) in [7, 11) is 0. The van der Waals surface area contributed by atoms with Crippen molar-refractivity contribution in [2.75, 3.05) is 0 Å². The number of rotatable bonds is 42. The van der Waals surface area contributed by atoms with Crippen LogP contribution in [0, 0.1) is 0 Å². The van der Waals surface area contributed by atoms with Crippen LogP contribution in [0.1, 0.15) is 322 Å². The molecule has 0 atom stereocenters. The molecule has 0 aliphatic carbocycles. The van der Waals surface area contributed by atoms with E-state index in [1.807, 2.05) is 0 Å². The molecule has 0 amide bonds. The Hall–Kier alpha value is -1.64. The molecule has 2 aliphatic heterocycles. The van der Waals surface area contributed by atoms with E-state index in [-0.39, 0.29) is 11.2 Å². The normalized spacial score (nSPS) is 14.5. The number of ether oxygens (including phenoxy) is 3. The van der Waals surface area contributed by atoms with Crippen LogP contribution in [-0.2, 0) is 15.9 Å². The second-order valence-corrected chi connectivity index (χ2v) is 28.6. The van der Waals surface area contributed by atoms with Crippen molar-refractivity contribution in [3.05, 3.63) is 102 Å². The highest BCUT2D eigenvalue weighted by Gasteiger charge is 2.48. The lowest BCUT2D eigenvalue weighted by Gasteiger charge is -2.45. The SMILES string of the molecule is CCCCCCCCC1(CCCCCCCC)OC(CCCCCCCC)(CCCCCCCC)c2cc(Br)ccc2-c2ccc(Br)cc21.CCCCCCCCC1(CCCCCCCC)Oc2cc(Br)ccc2-c2ccc(Br)cc2O1. The van der Waals surface area contributed by atoms with E-state index >= 15 is 0 Å². The van der Waals surface area contributed by atoms with E-state index in [4.69, 9.17) is 14.2 Å². The molecule has 2 aliphatic rings. The van der Waals surface area contributed by atoms with Crippen LogP contribution in [0.2, 0.25) is 0 Å². The average Bonchev–Trinajstić information content (AvgIpc) is 3.70. The van der Waals surface area contributed by atoms with Crippen molar-refractivity contribution in [3.8, 4) is 33.8 Å². The van der Waals surface area contributed by atoms with Crippen molar-refractivity contribution in [3.63, 3.8) is 0 Å². The van der Waals surface area contributed by atoms with Gasteiger partial charge >= 0.3 is 0 Å². The number of hydrogen-bond donors (Lipinski definition) is 0. The van der Waals surface area contributed by atoms with Gasteiger partial charge in [0.1, 0.15) is 11.5 Å². The fourth-order valence-corrected chi connectivity index (χ4v) is 14.6. The molecule has 3 nitrogen and oxygen atoms in total. The van der Waals surface area contributed by atoms with Crippen molar-refractivity contribution in [2.24, 2.45) is 0 Å². The van der Waals surface area contributed by atoms with Gasteiger partial charge in [-0.2, -0.15) is 0 Å². The summed E-state index contributed by atoms with van der Waals surface area (Å²) < 4.78 is 26.3. The van der Waals surface area contributed by atoms with E-state index in [0.29, 0.717) is 0 Å². The maximum atomic E-state index is 8.22. The van der Waals surface area contributed by atoms with E-state index < -0.39 is 5.79 Å². The van der Waals surface area contributed by atoms with E-state index in [1.165, 1.54) is 250 Å². The van der Waals surface area contributed by atoms with Gasteiger partial charge in [-0.3, -0.25) is 0 Å². The van der Waals surface area contributed by atoms with Gasteiger partial charge < -0.3 is 14.2 Å². The second kappa shape index (κ2) is 40.7. The Labute approximate surface area is 537 Å². The Morgan fingerprint density at radius 2 is 0.500 bits per heavy atom. The number of halogens is 4. The minimum absolute atomic E-state index is 0.273. The topological polar surface area (TPSA) is 27.7 Å². The molecule has 0 saturated carbocycles. The zero-order valence-corrected chi connectivity index (χ0v) is 59.2. The summed E-state index contributed by atoms with van der Waals surface area (Å²) in [4.78, 5) is 0. The van der Waals surface area contributed by atoms with Crippen molar-refractivity contribution in [1.82, 2.24) is 0 Å². The van der Waals surface area contributed by atoms with Crippen molar-refractivity contribution in [2.45, 2.75) is 328 Å². The summed E-state index contributed by atoms with van der Waals surface area (Å²) in [6, 6.07) is 27.0. The van der Waals surface area contributed by atoms with Gasteiger partial charge in [0, 0.05) is 41.9 Å². The van der Waals surface area contributed by atoms with Gasteiger partial charge in [-0.05, 0) is 121 Å². The van der Waals surface area contributed by atoms with Crippen molar-refractivity contribution in [1.29, 1.82) is 0 Å². The van der Waals surface area contributed by atoms with E-state index in [1.54, 1.807) is 0 Å². The van der Waals surface area contributed by atoms with Crippen LogP contribution in [0.15, 0.2) is 90.7 Å². The van der Waals surface area contributed by atoms with Gasteiger partial charge in [-0.1, -0.05) is 336 Å². The molecule has 460 valence electrons. The molecule has 7 heteroatoms. The first-order chi connectivity index (χ1) is 40.0. The zero-order valence-electron chi connectivity index (χ0n) is 52.9. The average molecular weight is 1380 g/mol. The quantitative estimate of drug-likeness (QED) is 0.0414. The Balaban J connectivity index is 0.000000324. The summed E-state index contributed by atoms with van der Waals surface area (Å²) in [6.45, 7) is 13.8. The van der Waals surface area contributed by atoms with Crippen molar-refractivity contribution >= 4 is 63.7 Å². The predicted molar refractivity (Wildman–Crippen MR) is 371 cm³/mol. The number of fused-ring (bicyclic) bond motifs is 6. The molecule has 0 N–H and O–H groups in total. The second-order valence-electron chi connectivity index (χ2n) is 25.0. The van der Waals surface area contributed by atoms with Crippen LogP contribution in [0.3, 0.4) is 0 Å². The zero-order chi connectivity index (χ0) is 58.7. The van der Waals surface area contributed by atoms with Crippen LogP contribution in [0.4, 0.5) is 0 Å². The molecule has 2 heterocycles. The monoisotopic (exact) mass is 1380 g/mol. The van der Waals surface area contributed by atoms with Crippen LogP contribution < -0.4 is 9.47 Å². The molecule has 0 unspecified atom stereocenters. The first kappa shape index (κ1) is 71.1. The van der Waals surface area contributed by atoms with Crippen molar-refractivity contribution < 1.29 is 14.2 Å². The lowest BCUT2D eigenvalue weighted by Crippen LogP contribution is -2.42. The third kappa shape index (κ3) is 23.8. The van der Waals surface area contributed by atoms with E-state index in [2.05, 4.69) is 178 Å². The predicted octanol–water partition coefficient (Wildman–Crippen LogP) is 28.1. The van der Waals surface area contributed by atoms with E-state index in [9.17, 15) is 0 Å². The maximum Gasteiger partial charge on any atom is 0.251 e. The molecular formula is C75H114Br4O3. The minimum Gasteiger partial charge on any atom is -0.452 e. The number of hydrogen-bond acceptors (Lipinski definition) is 3. The van der Waals surface area contributed by atoms with Gasteiger partial charge in [0.05, 0.1) is 11.2 Å². The fourth-order valence-electron chi connectivity index (χ4n) is 13.2. The Morgan fingerprint density at radius 3 is 0.780 bits per heavy atom. The molecule has 0 fully saturated rings. The summed E-state index contributed by atoms with van der Waals surface area (Å²) in [5.74, 6) is 1.22. The number of unbranched alkanes of at least 4 members (excludes halogenated alkanes) is 30. The fraction of sp³-hybridized carbons (Fsp3) is 0.680. The van der Waals surface area contributed by atoms with Gasteiger partial charge in [0.25, 0.3) is 5.79 Å². The van der Waals surface area contributed by atoms with Gasteiger partial charge in [-0.25, -0.2) is 0 Å². The van der Waals surface area contributed by atoms with E-state index in [0.717, 1.165) is 82.9 Å². The molecule has 0 bridgehead atoms. The minimum atomic E-state index is -0.614. The standard InChI is InChI=1S/C46H74Br2O.C29H40Br2O2/c1-5-9-13-17-21-25-33-45(34-26-22-18-14-10-6-2)43-37-39(47)29-31-41(43)42-32-30-40(48)38-44(42)46(49-45,35-27-23-19-15-11-7-3)36-28-24-20-16-12-8-4;1-3-5-7-9-11-13-19-29(20-14-12-10-8-6-4-2)32-27-21-23(30)15-17-25(27)26-18-16-24(31)22-28(26)33-29/h29-32,37-38H,5-28,33-36H2,1-4H3;15-18,21-22H,3-14,19-20H2,1-2H3. The Morgan fingerprint density at radius 1 is 0.268 bits per heavy atom. The third-order valence-corrected chi connectivity index (χ3v) is 19.9. The molecule has 0 aromatic heterocycles. The van der Waals surface area contributed by atoms with Crippen LogP contribution in [0.25, 0.3) is 22.3 Å². The highest BCUT2D eigenvalue weighted by Crippen LogP contribution is 2.56. The van der Waals surface area contributed by atoms with Gasteiger partial charge in [-0.15, -0.1) is 0 Å². The first-order valence-corrected chi connectivity index (χ1v) is 37.5. The number of benzene rings is 4. The lowest BCUT2D eigenvalue weighted by molar-refractivity contribution is -0.185. The third-order valence-electron chi connectivity index (χ3n) is 18.0. The summed E-state index contributed by atoms with van der Waals surface area (Å²) >= 11 is 15.2. The molecule has 6 rings (SSSR count). The largest absolute Gasteiger partial charge is 0.452 e. The molecular weight excluding hydrogens is 1270 g/mol. The first-order valence-electron chi connectivity index (χ1n) is 34.3. The highest BCUT2D eigenvalue weighted by atomic mass is 79.9. The van der Waals surface area contributed by atoms with Gasteiger partial charge in [0.2, 0.25) is 0 Å². The van der Waals surface area contributed by atoms with Crippen LogP contribution in [0.5, 0.6) is 11.5 Å². The van der Waals surface area contributed by atoms with Crippen LogP contribution in [-0.4, -0.2) is 5.79 Å². The van der Waals surface area contributed by atoms with Gasteiger partial charge in [0.15, 0.2) is 0 Å². The molecule has 82 heavy (non-hydrogen) atoms. The lowest BCUT2D eigenvalue weighted by atomic mass is 9.79. The molecule has 4 aromatic carbocycles. The Kier molecular flexibility index (Phi) is 35.3. The van der Waals surface area contributed by atoms with Crippen LogP contribution >= 0.6 is 63.7 Å². The molecule has 0 spiro atoms. The molecule has 0 saturated heterocycles. The molecule has 4 aromatic rings. The summed E-state index contributed by atoms with van der Waals surface area (Å²) in [6.07, 6.45) is 53.3. The highest BCUT2D eigenvalue weighted by molar-refractivity contribution is 9.11. The maximum absolute atomic E-state index is 8.22. The Bertz CT molecular complexity index is 2150. The molecule has 0 radical (unpaired) electrons. The summed E-state index contributed by atoms with van der Waals surface area (Å²) in [5, 5.41) is 0.